The van der Waals surface area contributed by atoms with Crippen LogP contribution in [-0.4, -0.2) is 60.6 Å². The molecule has 1 aliphatic heterocycles. The summed E-state index contributed by atoms with van der Waals surface area (Å²) in [4.78, 5) is 27.4. The monoisotopic (exact) mass is 320 g/mol. The van der Waals surface area contributed by atoms with Gasteiger partial charge < -0.3 is 26.0 Å². The molecule has 2 amide bonds. The molecule has 1 fully saturated rings. The summed E-state index contributed by atoms with van der Waals surface area (Å²) in [7, 11) is 0. The van der Waals surface area contributed by atoms with Gasteiger partial charge >= 0.3 is 6.09 Å². The number of anilines is 1. The van der Waals surface area contributed by atoms with E-state index in [2.05, 4.69) is 0 Å². The van der Waals surface area contributed by atoms with Gasteiger partial charge in [-0.05, 0) is 31.0 Å². The number of hydrogen-bond acceptors (Lipinski definition) is 5. The van der Waals surface area contributed by atoms with Crippen molar-refractivity contribution in [3.05, 3.63) is 29.8 Å². The fourth-order valence-electron chi connectivity index (χ4n) is 2.62. The quantitative estimate of drug-likeness (QED) is 0.784. The van der Waals surface area contributed by atoms with Crippen molar-refractivity contribution < 1.29 is 14.3 Å². The second-order valence-electron chi connectivity index (χ2n) is 5.57. The molecule has 1 saturated heterocycles. The number of rotatable bonds is 4. The van der Waals surface area contributed by atoms with Gasteiger partial charge in [0, 0.05) is 31.9 Å². The maximum absolute atomic E-state index is 12.4. The summed E-state index contributed by atoms with van der Waals surface area (Å²) in [6.45, 7) is 4.01. The van der Waals surface area contributed by atoms with Crippen LogP contribution in [0.5, 0.6) is 0 Å². The molecule has 0 unspecified atom stereocenters. The Morgan fingerprint density at radius 1 is 1.22 bits per heavy atom. The van der Waals surface area contributed by atoms with Crippen molar-refractivity contribution in [3.8, 4) is 0 Å². The summed E-state index contributed by atoms with van der Waals surface area (Å²) in [6, 6.07) is 6.77. The lowest BCUT2D eigenvalue weighted by atomic mass is 10.0. The molecular weight excluding hydrogens is 296 g/mol. The number of benzene rings is 1. The first-order valence-corrected chi connectivity index (χ1v) is 7.81. The van der Waals surface area contributed by atoms with Crippen molar-refractivity contribution in [2.24, 2.45) is 5.73 Å². The van der Waals surface area contributed by atoms with Crippen LogP contribution >= 0.6 is 0 Å². The minimum atomic E-state index is -0.606. The molecule has 1 heterocycles. The number of piperazine rings is 1. The number of nitrogens with zero attached hydrogens (tertiary/aromatic N) is 2. The van der Waals surface area contributed by atoms with Gasteiger partial charge in [-0.1, -0.05) is 12.1 Å². The fourth-order valence-corrected chi connectivity index (χ4v) is 2.62. The Labute approximate surface area is 136 Å². The number of ether oxygens (including phenoxy) is 1. The second kappa shape index (κ2) is 7.82. The van der Waals surface area contributed by atoms with E-state index in [0.717, 1.165) is 5.56 Å². The van der Waals surface area contributed by atoms with Crippen molar-refractivity contribution in [2.45, 2.75) is 19.4 Å². The third-order valence-electron chi connectivity index (χ3n) is 3.84. The highest BCUT2D eigenvalue weighted by Crippen LogP contribution is 2.11. The van der Waals surface area contributed by atoms with Gasteiger partial charge in [-0.25, -0.2) is 4.79 Å². The Morgan fingerprint density at radius 2 is 1.87 bits per heavy atom. The summed E-state index contributed by atoms with van der Waals surface area (Å²) in [5.41, 5.74) is 13.4. The van der Waals surface area contributed by atoms with Crippen LogP contribution in [0.4, 0.5) is 10.5 Å². The minimum absolute atomic E-state index is 0.101. The van der Waals surface area contributed by atoms with Gasteiger partial charge in [-0.15, -0.1) is 0 Å². The number of amides is 2. The summed E-state index contributed by atoms with van der Waals surface area (Å²) >= 11 is 0. The van der Waals surface area contributed by atoms with Gasteiger partial charge in [-0.3, -0.25) is 4.79 Å². The Kier molecular flexibility index (Phi) is 5.81. The van der Waals surface area contributed by atoms with E-state index in [0.29, 0.717) is 44.9 Å². The van der Waals surface area contributed by atoms with Gasteiger partial charge in [0.25, 0.3) is 0 Å². The van der Waals surface area contributed by atoms with Crippen molar-refractivity contribution in [2.75, 3.05) is 38.5 Å². The first-order valence-electron chi connectivity index (χ1n) is 7.81. The number of carbonyl (C=O) groups excluding carboxylic acids is 2. The van der Waals surface area contributed by atoms with Gasteiger partial charge in [0.05, 0.1) is 12.6 Å². The number of nitrogen functional groups attached to an aromatic ring is 1. The molecule has 7 nitrogen and oxygen atoms in total. The van der Waals surface area contributed by atoms with E-state index >= 15 is 0 Å². The highest BCUT2D eigenvalue weighted by molar-refractivity contribution is 5.82. The van der Waals surface area contributed by atoms with Crippen LogP contribution in [0.15, 0.2) is 24.3 Å². The van der Waals surface area contributed by atoms with Crippen molar-refractivity contribution in [3.63, 3.8) is 0 Å². The summed E-state index contributed by atoms with van der Waals surface area (Å²) in [5.74, 6) is -0.101. The van der Waals surface area contributed by atoms with Crippen LogP contribution in [0, 0.1) is 0 Å². The zero-order valence-electron chi connectivity index (χ0n) is 13.4. The molecule has 1 aromatic carbocycles. The highest BCUT2D eigenvalue weighted by Gasteiger charge is 2.27. The molecule has 0 aliphatic carbocycles. The Balaban J connectivity index is 1.85. The average Bonchev–Trinajstić information content (AvgIpc) is 2.54. The average molecular weight is 320 g/mol. The van der Waals surface area contributed by atoms with Gasteiger partial charge in [0.2, 0.25) is 5.91 Å². The summed E-state index contributed by atoms with van der Waals surface area (Å²) in [5, 5.41) is 0. The fraction of sp³-hybridized carbons (Fsp3) is 0.500. The molecule has 0 aromatic heterocycles. The molecule has 0 spiro atoms. The molecule has 1 aliphatic rings. The van der Waals surface area contributed by atoms with E-state index in [1.165, 1.54) is 0 Å². The molecule has 0 radical (unpaired) electrons. The number of carbonyl (C=O) groups is 2. The predicted molar refractivity (Wildman–Crippen MR) is 87.7 cm³/mol. The van der Waals surface area contributed by atoms with Crippen LogP contribution in [0.2, 0.25) is 0 Å². The molecule has 23 heavy (non-hydrogen) atoms. The van der Waals surface area contributed by atoms with E-state index in [1.54, 1.807) is 22.8 Å². The topological polar surface area (TPSA) is 102 Å². The Bertz CT molecular complexity index is 556. The first-order chi connectivity index (χ1) is 11.0. The molecular formula is C16H24N4O3. The lowest BCUT2D eigenvalue weighted by Gasteiger charge is -2.35. The van der Waals surface area contributed by atoms with Crippen LogP contribution in [0.1, 0.15) is 12.5 Å². The zero-order valence-corrected chi connectivity index (χ0v) is 13.4. The Hall–Kier alpha value is -2.28. The molecule has 7 heteroatoms. The Morgan fingerprint density at radius 3 is 2.48 bits per heavy atom. The van der Waals surface area contributed by atoms with Crippen molar-refractivity contribution >= 4 is 17.7 Å². The maximum atomic E-state index is 12.4. The van der Waals surface area contributed by atoms with Gasteiger partial charge in [0.15, 0.2) is 0 Å². The third-order valence-corrected chi connectivity index (χ3v) is 3.84. The van der Waals surface area contributed by atoms with Crippen LogP contribution in [0.25, 0.3) is 0 Å². The lowest BCUT2D eigenvalue weighted by molar-refractivity contribution is -0.134. The molecule has 1 atom stereocenters. The van der Waals surface area contributed by atoms with E-state index in [9.17, 15) is 9.59 Å². The maximum Gasteiger partial charge on any atom is 0.409 e. The molecule has 4 N–H and O–H groups in total. The van der Waals surface area contributed by atoms with Crippen LogP contribution in [0.3, 0.4) is 0 Å². The lowest BCUT2D eigenvalue weighted by Crippen LogP contribution is -2.54. The summed E-state index contributed by atoms with van der Waals surface area (Å²) < 4.78 is 4.96. The zero-order chi connectivity index (χ0) is 16.8. The molecule has 126 valence electrons. The normalized spacial score (nSPS) is 16.1. The predicted octanol–water partition coefficient (Wildman–Crippen LogP) is 0.439. The van der Waals surface area contributed by atoms with E-state index < -0.39 is 6.04 Å². The van der Waals surface area contributed by atoms with Crippen LogP contribution < -0.4 is 11.5 Å². The number of nitrogens with two attached hydrogens (primary N) is 2. The second-order valence-corrected chi connectivity index (χ2v) is 5.57. The van der Waals surface area contributed by atoms with E-state index in [-0.39, 0.29) is 12.0 Å². The first kappa shape index (κ1) is 17.1. The van der Waals surface area contributed by atoms with Gasteiger partial charge in [-0.2, -0.15) is 0 Å². The third kappa shape index (κ3) is 4.59. The standard InChI is InChI=1S/C16H24N4O3/c1-2-23-16(22)20-8-6-19(7-9-20)15(21)14(18)11-12-4-3-5-13(17)10-12/h3-5,10,14H,2,6-9,11,17-18H2,1H3/t14-/m0/s1. The summed E-state index contributed by atoms with van der Waals surface area (Å²) in [6.07, 6.45) is 0.116. The van der Waals surface area contributed by atoms with E-state index in [1.807, 2.05) is 18.2 Å². The largest absolute Gasteiger partial charge is 0.450 e. The SMILES string of the molecule is CCOC(=O)N1CCN(C(=O)[C@@H](N)Cc2cccc(N)c2)CC1. The van der Waals surface area contributed by atoms with Crippen molar-refractivity contribution in [1.82, 2.24) is 9.80 Å². The minimum Gasteiger partial charge on any atom is -0.450 e. The molecule has 1 aromatic rings. The van der Waals surface area contributed by atoms with E-state index in [4.69, 9.17) is 16.2 Å². The van der Waals surface area contributed by atoms with Crippen LogP contribution in [-0.2, 0) is 16.0 Å². The number of hydrogen-bond donors (Lipinski definition) is 2. The smallest absolute Gasteiger partial charge is 0.409 e. The molecule has 0 saturated carbocycles. The highest BCUT2D eigenvalue weighted by atomic mass is 16.6. The molecule has 0 bridgehead atoms. The van der Waals surface area contributed by atoms with Gasteiger partial charge in [0.1, 0.15) is 0 Å². The van der Waals surface area contributed by atoms with Crippen molar-refractivity contribution in [1.29, 1.82) is 0 Å². The molecule has 2 rings (SSSR count).